The minimum atomic E-state index is -1.01. The highest BCUT2D eigenvalue weighted by molar-refractivity contribution is 8.04. The van der Waals surface area contributed by atoms with E-state index < -0.39 is 5.97 Å². The molecule has 0 radical (unpaired) electrons. The van der Waals surface area contributed by atoms with Crippen molar-refractivity contribution in [1.29, 1.82) is 0 Å². The number of thioether (sulfide) groups is 1. The largest absolute Gasteiger partial charge is 0.477 e. The first-order valence-electron chi connectivity index (χ1n) is 5.63. The molecule has 0 aromatic carbocycles. The van der Waals surface area contributed by atoms with Crippen molar-refractivity contribution < 1.29 is 9.90 Å². The van der Waals surface area contributed by atoms with E-state index in [1.165, 1.54) is 0 Å². The van der Waals surface area contributed by atoms with Crippen molar-refractivity contribution in [3.05, 3.63) is 40.8 Å². The fourth-order valence-electron chi connectivity index (χ4n) is 1.33. The summed E-state index contributed by atoms with van der Waals surface area (Å²) in [4.78, 5) is 19.4. The molecule has 2 N–H and O–H groups in total. The van der Waals surface area contributed by atoms with Crippen molar-refractivity contribution in [2.45, 2.75) is 18.5 Å². The Morgan fingerprint density at radius 3 is 2.79 bits per heavy atom. The van der Waals surface area contributed by atoms with E-state index in [2.05, 4.69) is 20.2 Å². The van der Waals surface area contributed by atoms with Gasteiger partial charge in [-0.15, -0.1) is 5.10 Å². The van der Waals surface area contributed by atoms with Gasteiger partial charge in [0, 0.05) is 18.8 Å². The molecule has 0 fully saturated rings. The zero-order valence-electron chi connectivity index (χ0n) is 10.2. The summed E-state index contributed by atoms with van der Waals surface area (Å²) in [7, 11) is 0. The molecule has 0 atom stereocenters. The van der Waals surface area contributed by atoms with Crippen molar-refractivity contribution in [2.75, 3.05) is 0 Å². The number of nitrogens with zero attached hydrogens (tertiary/aromatic N) is 3. The summed E-state index contributed by atoms with van der Waals surface area (Å²) in [6, 6.07) is 3.47. The molecule has 98 valence electrons. The third-order valence-electron chi connectivity index (χ3n) is 2.26. The first kappa shape index (κ1) is 13.3. The summed E-state index contributed by atoms with van der Waals surface area (Å²) in [5.74, 6) is -0.277. The average Bonchev–Trinajstić information content (AvgIpc) is 2.87. The molecule has 2 aromatic rings. The normalized spacial score (nSPS) is 11.5. The molecule has 0 aliphatic carbocycles. The lowest BCUT2D eigenvalue weighted by molar-refractivity contribution is -0.131. The van der Waals surface area contributed by atoms with Gasteiger partial charge in [0.2, 0.25) is 5.16 Å². The van der Waals surface area contributed by atoms with Gasteiger partial charge in [0.25, 0.3) is 0 Å². The molecule has 2 heterocycles. The van der Waals surface area contributed by atoms with E-state index in [0.29, 0.717) is 5.16 Å². The highest BCUT2D eigenvalue weighted by Crippen LogP contribution is 2.25. The van der Waals surface area contributed by atoms with Gasteiger partial charge in [0.05, 0.1) is 0 Å². The molecule has 2 aromatic heterocycles. The number of aryl methyl sites for hydroxylation is 1. The van der Waals surface area contributed by atoms with Gasteiger partial charge >= 0.3 is 5.97 Å². The van der Waals surface area contributed by atoms with Gasteiger partial charge in [-0.2, -0.15) is 0 Å². The van der Waals surface area contributed by atoms with E-state index in [1.54, 1.807) is 30.6 Å². The fourth-order valence-corrected chi connectivity index (χ4v) is 2.05. The summed E-state index contributed by atoms with van der Waals surface area (Å²) >= 11 is 1.02. The number of carboxylic acids is 1. The second kappa shape index (κ2) is 6.14. The first-order chi connectivity index (χ1) is 9.19. The first-order valence-corrected chi connectivity index (χ1v) is 6.45. The van der Waals surface area contributed by atoms with Crippen molar-refractivity contribution in [1.82, 2.24) is 20.2 Å². The summed E-state index contributed by atoms with van der Waals surface area (Å²) in [5.41, 5.74) is 0.770. The third-order valence-corrected chi connectivity index (χ3v) is 3.14. The van der Waals surface area contributed by atoms with Crippen LogP contribution in [-0.2, 0) is 11.2 Å². The van der Waals surface area contributed by atoms with Crippen LogP contribution in [0.15, 0.2) is 34.6 Å². The quantitative estimate of drug-likeness (QED) is 0.641. The molecule has 0 amide bonds. The lowest BCUT2D eigenvalue weighted by Crippen LogP contribution is -1.97. The van der Waals surface area contributed by atoms with Crippen LogP contribution in [-0.4, -0.2) is 31.2 Å². The number of hydrogen-bond donors (Lipinski definition) is 2. The predicted octanol–water partition coefficient (Wildman–Crippen LogP) is 1.98. The Morgan fingerprint density at radius 2 is 2.21 bits per heavy atom. The van der Waals surface area contributed by atoms with Crippen molar-refractivity contribution >= 4 is 23.8 Å². The van der Waals surface area contributed by atoms with Crippen LogP contribution >= 0.6 is 11.8 Å². The number of aromatic nitrogens is 4. The van der Waals surface area contributed by atoms with Crippen LogP contribution in [0.4, 0.5) is 0 Å². The molecule has 0 unspecified atom stereocenters. The number of nitrogens with one attached hydrogen (secondary N) is 1. The Bertz CT molecular complexity index is 595. The lowest BCUT2D eigenvalue weighted by atomic mass is 10.2. The Hall–Kier alpha value is -2.15. The summed E-state index contributed by atoms with van der Waals surface area (Å²) in [5, 5.41) is 16.3. The highest BCUT2D eigenvalue weighted by Gasteiger charge is 2.13. The molecule has 0 aliphatic rings. The Labute approximate surface area is 114 Å². The lowest BCUT2D eigenvalue weighted by Gasteiger charge is -1.98. The molecule has 0 aliphatic heterocycles. The fraction of sp³-hybridized carbons (Fsp3) is 0.167. The molecule has 0 spiro atoms. The van der Waals surface area contributed by atoms with Gasteiger partial charge in [-0.05, 0) is 35.5 Å². The minimum Gasteiger partial charge on any atom is -0.477 e. The number of H-pyrrole nitrogens is 1. The van der Waals surface area contributed by atoms with Gasteiger partial charge in [-0.3, -0.25) is 10.1 Å². The number of hydrogen-bond acceptors (Lipinski definition) is 5. The van der Waals surface area contributed by atoms with E-state index in [0.717, 1.165) is 29.6 Å². The molecule has 7 heteroatoms. The molecule has 0 saturated carbocycles. The number of aliphatic carboxylic acids is 1. The highest BCUT2D eigenvalue weighted by atomic mass is 32.2. The molecule has 6 nitrogen and oxygen atoms in total. The van der Waals surface area contributed by atoms with Crippen LogP contribution in [0.25, 0.3) is 6.08 Å². The number of aromatic amines is 1. The topological polar surface area (TPSA) is 91.8 Å². The average molecular weight is 276 g/mol. The standard InChI is InChI=1S/C12H12N4O2S/c1-2-10-14-12(16-15-10)19-9(11(17)18)7-8-3-5-13-6-4-8/h3-7H,2H2,1H3,(H,17,18)(H,14,15,16)/b9-7+. The second-order valence-corrected chi connectivity index (χ2v) is 4.62. The maximum atomic E-state index is 11.2. The zero-order valence-corrected chi connectivity index (χ0v) is 11.0. The smallest absolute Gasteiger partial charge is 0.342 e. The third kappa shape index (κ3) is 3.65. The van der Waals surface area contributed by atoms with Crippen LogP contribution in [0.5, 0.6) is 0 Å². The summed E-state index contributed by atoms with van der Waals surface area (Å²) in [6.07, 6.45) is 5.51. The van der Waals surface area contributed by atoms with E-state index in [-0.39, 0.29) is 4.91 Å². The van der Waals surface area contributed by atoms with Crippen LogP contribution in [0, 0.1) is 0 Å². The van der Waals surface area contributed by atoms with Gasteiger partial charge in [0.15, 0.2) is 0 Å². The minimum absolute atomic E-state index is 0.160. The monoisotopic (exact) mass is 276 g/mol. The van der Waals surface area contributed by atoms with E-state index in [1.807, 2.05) is 6.92 Å². The van der Waals surface area contributed by atoms with E-state index in [9.17, 15) is 9.90 Å². The van der Waals surface area contributed by atoms with Crippen molar-refractivity contribution in [2.24, 2.45) is 0 Å². The van der Waals surface area contributed by atoms with Crippen LogP contribution in [0.3, 0.4) is 0 Å². The summed E-state index contributed by atoms with van der Waals surface area (Å²) in [6.45, 7) is 1.94. The number of carboxylic acid groups (broad SMARTS) is 1. The zero-order chi connectivity index (χ0) is 13.7. The molecule has 0 saturated heterocycles. The molecular weight excluding hydrogens is 264 g/mol. The number of carbonyl (C=O) groups is 1. The molecule has 2 rings (SSSR count). The molecule has 19 heavy (non-hydrogen) atoms. The molecule has 0 bridgehead atoms. The number of pyridine rings is 1. The van der Waals surface area contributed by atoms with Crippen LogP contribution in [0.2, 0.25) is 0 Å². The summed E-state index contributed by atoms with van der Waals surface area (Å²) < 4.78 is 0. The molecular formula is C12H12N4O2S. The van der Waals surface area contributed by atoms with Gasteiger partial charge in [0.1, 0.15) is 10.7 Å². The Morgan fingerprint density at radius 1 is 1.47 bits per heavy atom. The second-order valence-electron chi connectivity index (χ2n) is 3.61. The van der Waals surface area contributed by atoms with Crippen molar-refractivity contribution in [3.8, 4) is 0 Å². The maximum absolute atomic E-state index is 11.2. The van der Waals surface area contributed by atoms with Gasteiger partial charge < -0.3 is 5.11 Å². The number of rotatable bonds is 5. The predicted molar refractivity (Wildman–Crippen MR) is 71.5 cm³/mol. The maximum Gasteiger partial charge on any atom is 0.342 e. The van der Waals surface area contributed by atoms with Crippen LogP contribution in [0.1, 0.15) is 18.3 Å². The van der Waals surface area contributed by atoms with Gasteiger partial charge in [-0.25, -0.2) is 9.78 Å². The SMILES string of the molecule is CCc1nc(S/C(=C/c2ccncc2)C(=O)O)n[nH]1. The van der Waals surface area contributed by atoms with Gasteiger partial charge in [-0.1, -0.05) is 6.92 Å². The van der Waals surface area contributed by atoms with E-state index in [4.69, 9.17) is 0 Å². The Kier molecular flexibility index (Phi) is 4.30. The van der Waals surface area contributed by atoms with Crippen LogP contribution < -0.4 is 0 Å². The van der Waals surface area contributed by atoms with E-state index >= 15 is 0 Å². The Balaban J connectivity index is 2.21. The van der Waals surface area contributed by atoms with Crippen molar-refractivity contribution in [3.63, 3.8) is 0 Å².